The van der Waals surface area contributed by atoms with Crippen molar-refractivity contribution < 1.29 is 28.7 Å². The molecule has 0 spiro atoms. The van der Waals surface area contributed by atoms with Gasteiger partial charge in [-0.15, -0.1) is 11.3 Å². The number of amides is 1. The first kappa shape index (κ1) is 25.5. The maximum absolute atomic E-state index is 13.0. The number of piperazine rings is 1. The Morgan fingerprint density at radius 1 is 1.03 bits per heavy atom. The van der Waals surface area contributed by atoms with Crippen LogP contribution in [-0.2, 0) is 9.53 Å². The van der Waals surface area contributed by atoms with Crippen molar-refractivity contribution in [2.75, 3.05) is 63.8 Å². The lowest BCUT2D eigenvalue weighted by atomic mass is 10.0. The summed E-state index contributed by atoms with van der Waals surface area (Å²) >= 11 is 1.33. The maximum atomic E-state index is 13.0. The van der Waals surface area contributed by atoms with Gasteiger partial charge in [-0.2, -0.15) is 0 Å². The van der Waals surface area contributed by atoms with Crippen LogP contribution in [0.5, 0.6) is 11.5 Å². The average molecular weight is 511 g/mol. The first-order chi connectivity index (χ1) is 17.5. The third-order valence-corrected chi connectivity index (χ3v) is 7.12. The third kappa shape index (κ3) is 5.98. The summed E-state index contributed by atoms with van der Waals surface area (Å²) in [4.78, 5) is 29.3. The molecule has 9 heteroatoms. The average Bonchev–Trinajstić information content (AvgIpc) is 3.32. The van der Waals surface area contributed by atoms with Crippen LogP contribution in [0.15, 0.2) is 53.9 Å². The number of thiophene rings is 1. The van der Waals surface area contributed by atoms with Gasteiger partial charge >= 0.3 is 5.97 Å². The Morgan fingerprint density at radius 2 is 1.75 bits per heavy atom. The molecule has 0 bridgehead atoms. The van der Waals surface area contributed by atoms with E-state index < -0.39 is 5.97 Å². The number of nitrogens with zero attached hydrogens (tertiary/aromatic N) is 1. The zero-order valence-electron chi connectivity index (χ0n) is 20.8. The zero-order valence-corrected chi connectivity index (χ0v) is 21.7. The monoisotopic (exact) mass is 510 g/mol. The molecule has 0 aliphatic carbocycles. The number of quaternary nitrogens is 1. The molecule has 2 heterocycles. The van der Waals surface area contributed by atoms with Crippen molar-refractivity contribution in [3.8, 4) is 22.6 Å². The number of hydrogen-bond donors (Lipinski definition) is 2. The molecule has 1 aromatic heterocycles. The summed E-state index contributed by atoms with van der Waals surface area (Å²) in [6.07, 6.45) is 0. The largest absolute Gasteiger partial charge is 0.497 e. The molecule has 0 atom stereocenters. The van der Waals surface area contributed by atoms with E-state index in [9.17, 15) is 9.59 Å². The molecule has 4 rings (SSSR count). The van der Waals surface area contributed by atoms with E-state index in [1.807, 2.05) is 47.8 Å². The number of carbonyl (C=O) groups excluding carboxylic acids is 2. The quantitative estimate of drug-likeness (QED) is 0.431. The smallest absolute Gasteiger partial charge is 0.341 e. The first-order valence-corrected chi connectivity index (χ1v) is 12.9. The summed E-state index contributed by atoms with van der Waals surface area (Å²) in [5, 5.41) is 5.36. The fourth-order valence-corrected chi connectivity index (χ4v) is 5.28. The molecule has 1 aliphatic rings. The van der Waals surface area contributed by atoms with E-state index in [1.165, 1.54) is 16.2 Å². The molecule has 3 aromatic rings. The molecule has 190 valence electrons. The molecule has 1 fully saturated rings. The number of carbonyl (C=O) groups is 2. The van der Waals surface area contributed by atoms with Gasteiger partial charge in [-0.3, -0.25) is 4.79 Å². The van der Waals surface area contributed by atoms with Gasteiger partial charge in [-0.1, -0.05) is 18.2 Å². The molecule has 0 radical (unpaired) electrons. The predicted octanol–water partition coefficient (Wildman–Crippen LogP) is 2.95. The van der Waals surface area contributed by atoms with Crippen molar-refractivity contribution in [2.45, 2.75) is 6.92 Å². The number of methoxy groups -OCH3 is 2. The molecule has 2 aromatic carbocycles. The van der Waals surface area contributed by atoms with Gasteiger partial charge in [-0.25, -0.2) is 4.79 Å². The number of esters is 1. The highest BCUT2D eigenvalue weighted by molar-refractivity contribution is 7.15. The second-order valence-electron chi connectivity index (χ2n) is 8.47. The van der Waals surface area contributed by atoms with Crippen LogP contribution >= 0.6 is 11.3 Å². The number of rotatable bonds is 9. The van der Waals surface area contributed by atoms with Crippen molar-refractivity contribution in [2.24, 2.45) is 0 Å². The SMILES string of the molecule is CCOC(=O)c1c(-c2ccc(OC)cc2)csc1NC(=O)C[NH+]1CCN(c2cccc(OC)c2)CC1. The molecular weight excluding hydrogens is 478 g/mol. The van der Waals surface area contributed by atoms with Gasteiger partial charge in [0.1, 0.15) is 22.1 Å². The third-order valence-electron chi connectivity index (χ3n) is 6.22. The lowest BCUT2D eigenvalue weighted by Crippen LogP contribution is -3.15. The summed E-state index contributed by atoms with van der Waals surface area (Å²) in [6, 6.07) is 15.5. The minimum Gasteiger partial charge on any atom is -0.497 e. The number of benzene rings is 2. The van der Waals surface area contributed by atoms with Crippen LogP contribution in [0.1, 0.15) is 17.3 Å². The normalized spacial score (nSPS) is 13.8. The lowest BCUT2D eigenvalue weighted by molar-refractivity contribution is -0.892. The topological polar surface area (TPSA) is 81.5 Å². The molecular formula is C27H32N3O5S+. The summed E-state index contributed by atoms with van der Waals surface area (Å²) < 4.78 is 15.9. The van der Waals surface area contributed by atoms with Crippen LogP contribution in [0.3, 0.4) is 0 Å². The Kier molecular flexibility index (Phi) is 8.45. The van der Waals surface area contributed by atoms with Crippen LogP contribution in [0, 0.1) is 0 Å². The van der Waals surface area contributed by atoms with E-state index in [1.54, 1.807) is 21.1 Å². The minimum absolute atomic E-state index is 0.117. The number of ether oxygens (including phenoxy) is 3. The molecule has 8 nitrogen and oxygen atoms in total. The van der Waals surface area contributed by atoms with Gasteiger partial charge in [-0.05, 0) is 36.8 Å². The Balaban J connectivity index is 1.41. The second kappa shape index (κ2) is 11.9. The van der Waals surface area contributed by atoms with Gasteiger partial charge < -0.3 is 29.3 Å². The van der Waals surface area contributed by atoms with Crippen LogP contribution in [0.25, 0.3) is 11.1 Å². The molecule has 0 unspecified atom stereocenters. The second-order valence-corrected chi connectivity index (χ2v) is 9.35. The van der Waals surface area contributed by atoms with Crippen molar-refractivity contribution in [3.05, 3.63) is 59.5 Å². The van der Waals surface area contributed by atoms with Gasteiger partial charge in [0.05, 0.1) is 47.0 Å². The van der Waals surface area contributed by atoms with E-state index in [-0.39, 0.29) is 12.5 Å². The van der Waals surface area contributed by atoms with Crippen LogP contribution in [0.2, 0.25) is 0 Å². The highest BCUT2D eigenvalue weighted by Gasteiger charge is 2.26. The van der Waals surface area contributed by atoms with Gasteiger partial charge in [0.15, 0.2) is 6.54 Å². The van der Waals surface area contributed by atoms with Crippen LogP contribution < -0.4 is 24.6 Å². The van der Waals surface area contributed by atoms with Crippen molar-refractivity contribution in [1.82, 2.24) is 0 Å². The maximum Gasteiger partial charge on any atom is 0.341 e. The lowest BCUT2D eigenvalue weighted by Gasteiger charge is -2.33. The van der Waals surface area contributed by atoms with Crippen molar-refractivity contribution in [3.63, 3.8) is 0 Å². The van der Waals surface area contributed by atoms with E-state index in [0.717, 1.165) is 54.5 Å². The van der Waals surface area contributed by atoms with E-state index in [4.69, 9.17) is 14.2 Å². The first-order valence-electron chi connectivity index (χ1n) is 12.0. The number of hydrogen-bond acceptors (Lipinski definition) is 7. The summed E-state index contributed by atoms with van der Waals surface area (Å²) in [5.41, 5.74) is 3.10. The van der Waals surface area contributed by atoms with Gasteiger partial charge in [0.2, 0.25) is 0 Å². The zero-order chi connectivity index (χ0) is 25.5. The van der Waals surface area contributed by atoms with Gasteiger partial charge in [0.25, 0.3) is 5.91 Å². The van der Waals surface area contributed by atoms with Crippen LogP contribution in [0.4, 0.5) is 10.7 Å². The van der Waals surface area contributed by atoms with Crippen LogP contribution in [-0.4, -0.2) is 65.4 Å². The van der Waals surface area contributed by atoms with Gasteiger partial charge in [0, 0.05) is 22.7 Å². The summed E-state index contributed by atoms with van der Waals surface area (Å²) in [7, 11) is 3.28. The minimum atomic E-state index is -0.445. The molecule has 1 saturated heterocycles. The fraction of sp³-hybridized carbons (Fsp3) is 0.333. The Morgan fingerprint density at radius 3 is 2.42 bits per heavy atom. The van der Waals surface area contributed by atoms with Crippen molar-refractivity contribution >= 4 is 33.9 Å². The predicted molar refractivity (Wildman–Crippen MR) is 142 cm³/mol. The molecule has 1 aliphatic heterocycles. The highest BCUT2D eigenvalue weighted by Crippen LogP contribution is 2.36. The fourth-order valence-electron chi connectivity index (χ4n) is 4.30. The standard InChI is InChI=1S/C27H31N3O5S/c1-4-35-27(32)25-23(19-8-10-21(33-2)11-9-19)18-36-26(25)28-24(31)17-29-12-14-30(15-13-29)20-6-5-7-22(16-20)34-3/h5-11,16,18H,4,12-15,17H2,1-3H3,(H,28,31)/p+1. The molecule has 1 amide bonds. The van der Waals surface area contributed by atoms with E-state index in [2.05, 4.69) is 16.3 Å². The highest BCUT2D eigenvalue weighted by atomic mass is 32.1. The molecule has 0 saturated carbocycles. The van der Waals surface area contributed by atoms with Crippen molar-refractivity contribution in [1.29, 1.82) is 0 Å². The molecule has 36 heavy (non-hydrogen) atoms. The Labute approximate surface area is 215 Å². The Bertz CT molecular complexity index is 1190. The summed E-state index contributed by atoms with van der Waals surface area (Å²) in [5.74, 6) is 1.01. The van der Waals surface area contributed by atoms with E-state index >= 15 is 0 Å². The summed E-state index contributed by atoms with van der Waals surface area (Å²) in [6.45, 7) is 5.75. The van der Waals surface area contributed by atoms with E-state index in [0.29, 0.717) is 17.1 Å². The Hall–Kier alpha value is -3.56. The molecule has 2 N–H and O–H groups in total. The number of nitrogens with one attached hydrogen (secondary N) is 2. The number of anilines is 2.